The van der Waals surface area contributed by atoms with E-state index in [9.17, 15) is 0 Å². The molecule has 6 heteroatoms. The van der Waals surface area contributed by atoms with Gasteiger partial charge in [0, 0.05) is 30.0 Å². The van der Waals surface area contributed by atoms with Crippen LogP contribution in [0.4, 0.5) is 11.5 Å². The van der Waals surface area contributed by atoms with Gasteiger partial charge < -0.3 is 16.2 Å². The van der Waals surface area contributed by atoms with Crippen molar-refractivity contribution in [2.24, 2.45) is 0 Å². The molecule has 0 radical (unpaired) electrons. The van der Waals surface area contributed by atoms with Crippen molar-refractivity contribution in [1.29, 1.82) is 0 Å². The van der Waals surface area contributed by atoms with Crippen LogP contribution < -0.4 is 11.1 Å². The number of nitrogens with two attached hydrogens (primary N) is 1. The second-order valence-electron chi connectivity index (χ2n) is 4.12. The molecule has 0 fully saturated rings. The van der Waals surface area contributed by atoms with Gasteiger partial charge in [0.1, 0.15) is 12.1 Å². The fraction of sp³-hybridized carbons (Fsp3) is 0.385. The largest absolute Gasteiger partial charge is 0.399 e. The van der Waals surface area contributed by atoms with Crippen molar-refractivity contribution in [2.45, 2.75) is 6.42 Å². The molecule has 2 aromatic rings. The smallest absolute Gasteiger partial charge is 0.137 e. The fourth-order valence-corrected chi connectivity index (χ4v) is 2.51. The van der Waals surface area contributed by atoms with E-state index in [1.807, 2.05) is 30.0 Å². The highest BCUT2D eigenvalue weighted by atomic mass is 32.2. The minimum absolute atomic E-state index is 0.262. The van der Waals surface area contributed by atoms with Crippen molar-refractivity contribution < 1.29 is 5.11 Å². The quantitative estimate of drug-likeness (QED) is 0.528. The van der Waals surface area contributed by atoms with Crippen LogP contribution in [0.3, 0.4) is 0 Å². The van der Waals surface area contributed by atoms with Gasteiger partial charge in [0.25, 0.3) is 0 Å². The van der Waals surface area contributed by atoms with Crippen LogP contribution in [-0.4, -0.2) is 39.7 Å². The first-order valence-corrected chi connectivity index (χ1v) is 7.39. The summed E-state index contributed by atoms with van der Waals surface area (Å²) in [6.45, 7) is 1.10. The molecule has 0 atom stereocenters. The second-order valence-corrected chi connectivity index (χ2v) is 5.34. The number of nitrogens with one attached hydrogen (secondary N) is 1. The Balaban J connectivity index is 1.93. The molecule has 0 amide bonds. The molecule has 0 unspecified atom stereocenters. The number of aromatic nitrogens is 2. The van der Waals surface area contributed by atoms with Gasteiger partial charge >= 0.3 is 0 Å². The number of aliphatic hydroxyl groups is 1. The predicted octanol–water partition coefficient (Wildman–Crippen LogP) is 1.74. The summed E-state index contributed by atoms with van der Waals surface area (Å²) in [7, 11) is 0. The van der Waals surface area contributed by atoms with E-state index < -0.39 is 0 Å². The van der Waals surface area contributed by atoms with Crippen molar-refractivity contribution >= 4 is 34.2 Å². The van der Waals surface area contributed by atoms with Gasteiger partial charge in [0.15, 0.2) is 0 Å². The number of hydrogen-bond acceptors (Lipinski definition) is 6. The van der Waals surface area contributed by atoms with E-state index in [1.54, 1.807) is 6.33 Å². The van der Waals surface area contributed by atoms with E-state index in [1.165, 1.54) is 0 Å². The summed E-state index contributed by atoms with van der Waals surface area (Å²) in [5.41, 5.74) is 7.30. The lowest BCUT2D eigenvalue weighted by molar-refractivity contribution is 0.296. The van der Waals surface area contributed by atoms with E-state index >= 15 is 0 Å². The first kappa shape index (κ1) is 13.9. The van der Waals surface area contributed by atoms with E-state index in [-0.39, 0.29) is 6.61 Å². The first-order chi connectivity index (χ1) is 9.31. The van der Waals surface area contributed by atoms with Crippen LogP contribution in [0, 0.1) is 0 Å². The number of nitrogens with zero attached hydrogens (tertiary/aromatic N) is 2. The van der Waals surface area contributed by atoms with Gasteiger partial charge in [-0.2, -0.15) is 11.8 Å². The first-order valence-electron chi connectivity index (χ1n) is 6.24. The van der Waals surface area contributed by atoms with Crippen molar-refractivity contribution in [1.82, 2.24) is 9.97 Å². The Morgan fingerprint density at radius 2 is 2.16 bits per heavy atom. The Kier molecular flexibility index (Phi) is 5.23. The zero-order valence-electron chi connectivity index (χ0n) is 10.7. The van der Waals surface area contributed by atoms with Gasteiger partial charge in [-0.25, -0.2) is 9.97 Å². The molecule has 1 aromatic carbocycles. The molecule has 19 heavy (non-hydrogen) atoms. The summed E-state index contributed by atoms with van der Waals surface area (Å²) >= 11 is 1.82. The molecule has 4 N–H and O–H groups in total. The van der Waals surface area contributed by atoms with Gasteiger partial charge in [-0.05, 0) is 30.4 Å². The second kappa shape index (κ2) is 7.16. The van der Waals surface area contributed by atoms with Gasteiger partial charge in [-0.1, -0.05) is 0 Å². The molecule has 0 bridgehead atoms. The fourth-order valence-electron chi connectivity index (χ4n) is 1.73. The van der Waals surface area contributed by atoms with E-state index in [0.717, 1.165) is 41.2 Å². The average molecular weight is 278 g/mol. The van der Waals surface area contributed by atoms with Crippen LogP contribution in [0.5, 0.6) is 0 Å². The minimum atomic E-state index is 0.262. The molecule has 2 rings (SSSR count). The van der Waals surface area contributed by atoms with Crippen LogP contribution in [0.15, 0.2) is 24.5 Å². The molecular formula is C13H18N4OS. The number of anilines is 2. The molecule has 0 saturated heterocycles. The summed E-state index contributed by atoms with van der Waals surface area (Å²) in [6, 6.07) is 5.64. The summed E-state index contributed by atoms with van der Waals surface area (Å²) < 4.78 is 0. The third-order valence-corrected chi connectivity index (χ3v) is 3.72. The third kappa shape index (κ3) is 3.97. The van der Waals surface area contributed by atoms with Crippen molar-refractivity contribution in [3.8, 4) is 0 Å². The maximum atomic E-state index is 8.69. The third-order valence-electron chi connectivity index (χ3n) is 2.65. The van der Waals surface area contributed by atoms with Crippen LogP contribution >= 0.6 is 11.8 Å². The number of hydrogen-bond donors (Lipinski definition) is 3. The van der Waals surface area contributed by atoms with E-state index in [4.69, 9.17) is 10.8 Å². The molecule has 0 aliphatic carbocycles. The molecule has 0 aliphatic heterocycles. The highest BCUT2D eigenvalue weighted by molar-refractivity contribution is 7.99. The number of rotatable bonds is 7. The van der Waals surface area contributed by atoms with Gasteiger partial charge in [-0.3, -0.25) is 0 Å². The molecule has 1 aromatic heterocycles. The van der Waals surface area contributed by atoms with Crippen LogP contribution in [0.25, 0.3) is 10.9 Å². The maximum Gasteiger partial charge on any atom is 0.137 e. The highest BCUT2D eigenvalue weighted by Gasteiger charge is 2.03. The number of fused-ring (bicyclic) bond motifs is 1. The lowest BCUT2D eigenvalue weighted by Gasteiger charge is -2.08. The lowest BCUT2D eigenvalue weighted by Crippen LogP contribution is -2.07. The molecule has 0 spiro atoms. The molecule has 0 saturated carbocycles. The van der Waals surface area contributed by atoms with Crippen molar-refractivity contribution in [2.75, 3.05) is 35.7 Å². The molecule has 102 valence electrons. The Morgan fingerprint density at radius 3 is 3.00 bits per heavy atom. The lowest BCUT2D eigenvalue weighted by atomic mass is 10.2. The Bertz CT molecular complexity index is 535. The zero-order valence-corrected chi connectivity index (χ0v) is 11.5. The van der Waals surface area contributed by atoms with Gasteiger partial charge in [0.05, 0.1) is 5.52 Å². The number of thioether (sulfide) groups is 1. The molecular weight excluding hydrogens is 260 g/mol. The van der Waals surface area contributed by atoms with E-state index in [2.05, 4.69) is 15.3 Å². The van der Waals surface area contributed by atoms with Crippen molar-refractivity contribution in [3.63, 3.8) is 0 Å². The zero-order chi connectivity index (χ0) is 13.5. The topological polar surface area (TPSA) is 84.1 Å². The Labute approximate surface area is 116 Å². The Morgan fingerprint density at radius 1 is 1.26 bits per heavy atom. The van der Waals surface area contributed by atoms with Gasteiger partial charge in [0.2, 0.25) is 0 Å². The van der Waals surface area contributed by atoms with Crippen molar-refractivity contribution in [3.05, 3.63) is 24.5 Å². The number of aliphatic hydroxyl groups excluding tert-OH is 1. The highest BCUT2D eigenvalue weighted by Crippen LogP contribution is 2.21. The number of benzene rings is 1. The summed E-state index contributed by atoms with van der Waals surface area (Å²) in [5.74, 6) is 2.81. The van der Waals surface area contributed by atoms with Crippen LogP contribution in [0.2, 0.25) is 0 Å². The van der Waals surface area contributed by atoms with Crippen LogP contribution in [0.1, 0.15) is 6.42 Å². The average Bonchev–Trinajstić information content (AvgIpc) is 2.42. The summed E-state index contributed by atoms with van der Waals surface area (Å²) in [4.78, 5) is 8.47. The molecule has 5 nitrogen and oxygen atoms in total. The molecule has 1 heterocycles. The Hall–Kier alpha value is -1.53. The normalized spacial score (nSPS) is 10.8. The maximum absolute atomic E-state index is 8.69. The predicted molar refractivity (Wildman–Crippen MR) is 81.5 cm³/mol. The minimum Gasteiger partial charge on any atom is -0.399 e. The standard InChI is InChI=1S/C13H18N4OS/c14-10-2-3-11-12(8-10)16-9-17-13(11)15-4-7-19-6-1-5-18/h2-3,8-9,18H,1,4-7,14H2,(H,15,16,17). The summed E-state index contributed by atoms with van der Waals surface area (Å²) in [5, 5.41) is 13.0. The SMILES string of the molecule is Nc1ccc2c(NCCSCCCO)ncnc2c1. The number of nitrogen functional groups attached to an aromatic ring is 1. The summed E-state index contributed by atoms with van der Waals surface area (Å²) in [6.07, 6.45) is 2.39. The van der Waals surface area contributed by atoms with Crippen LogP contribution in [-0.2, 0) is 0 Å². The van der Waals surface area contributed by atoms with Gasteiger partial charge in [-0.15, -0.1) is 0 Å². The van der Waals surface area contributed by atoms with E-state index in [0.29, 0.717) is 5.69 Å². The molecule has 0 aliphatic rings. The monoisotopic (exact) mass is 278 g/mol.